The molecule has 6 heteroatoms. The van der Waals surface area contributed by atoms with Gasteiger partial charge in [0.1, 0.15) is 24.4 Å². The summed E-state index contributed by atoms with van der Waals surface area (Å²) in [5.41, 5.74) is 0. The molecule has 18 heavy (non-hydrogen) atoms. The first-order valence-corrected chi connectivity index (χ1v) is 6.42. The fourth-order valence-corrected chi connectivity index (χ4v) is 1.90. The van der Waals surface area contributed by atoms with Gasteiger partial charge >= 0.3 is 0 Å². The molecule has 0 radical (unpaired) electrons. The van der Waals surface area contributed by atoms with Crippen LogP contribution in [0.15, 0.2) is 0 Å². The predicted octanol–water partition coefficient (Wildman–Crippen LogP) is -0.353. The van der Waals surface area contributed by atoms with Crippen molar-refractivity contribution in [2.24, 2.45) is 0 Å². The van der Waals surface area contributed by atoms with Gasteiger partial charge in [0.2, 0.25) is 0 Å². The molecule has 0 amide bonds. The summed E-state index contributed by atoms with van der Waals surface area (Å²) in [5.74, 6) is 0. The first-order valence-electron chi connectivity index (χ1n) is 6.42. The lowest BCUT2D eigenvalue weighted by molar-refractivity contribution is -0.296. The Morgan fingerprint density at radius 2 is 1.78 bits per heavy atom. The summed E-state index contributed by atoms with van der Waals surface area (Å²) < 4.78 is 15.6. The van der Waals surface area contributed by atoms with Crippen LogP contribution in [0, 0.1) is 0 Å². The molecular weight excluding hydrogens is 240 g/mol. The zero-order valence-corrected chi connectivity index (χ0v) is 11.0. The van der Waals surface area contributed by atoms with Crippen LogP contribution in [0.5, 0.6) is 0 Å². The van der Waals surface area contributed by atoms with E-state index in [1.54, 1.807) is 0 Å². The molecule has 0 aromatic rings. The molecule has 1 saturated heterocycles. The first-order chi connectivity index (χ1) is 8.61. The van der Waals surface area contributed by atoms with Crippen LogP contribution in [-0.4, -0.2) is 66.3 Å². The molecule has 3 N–H and O–H groups in total. The van der Waals surface area contributed by atoms with Crippen molar-refractivity contribution in [1.82, 2.24) is 0 Å². The summed E-state index contributed by atoms with van der Waals surface area (Å²) in [6, 6.07) is 0. The Morgan fingerprint density at radius 1 is 1.06 bits per heavy atom. The Bertz CT molecular complexity index is 223. The number of hydrogen-bond acceptors (Lipinski definition) is 6. The van der Waals surface area contributed by atoms with Gasteiger partial charge in [-0.25, -0.2) is 0 Å². The van der Waals surface area contributed by atoms with E-state index in [1.807, 2.05) is 0 Å². The predicted molar refractivity (Wildman–Crippen MR) is 64.0 cm³/mol. The fourth-order valence-electron chi connectivity index (χ4n) is 1.90. The lowest BCUT2D eigenvalue weighted by atomic mass is 9.99. The summed E-state index contributed by atoms with van der Waals surface area (Å²) in [7, 11) is 1.37. The highest BCUT2D eigenvalue weighted by Crippen LogP contribution is 2.21. The monoisotopic (exact) mass is 264 g/mol. The average Bonchev–Trinajstić information content (AvgIpc) is 2.38. The van der Waals surface area contributed by atoms with Gasteiger partial charge < -0.3 is 29.5 Å². The highest BCUT2D eigenvalue weighted by Gasteiger charge is 2.43. The van der Waals surface area contributed by atoms with Gasteiger partial charge in [-0.15, -0.1) is 0 Å². The van der Waals surface area contributed by atoms with Crippen LogP contribution in [0.4, 0.5) is 0 Å². The van der Waals surface area contributed by atoms with Crippen LogP contribution in [0.1, 0.15) is 26.2 Å². The Hall–Kier alpha value is -0.240. The second-order valence-corrected chi connectivity index (χ2v) is 4.53. The van der Waals surface area contributed by atoms with Gasteiger partial charge in [0, 0.05) is 13.7 Å². The van der Waals surface area contributed by atoms with E-state index in [0.717, 1.165) is 19.3 Å². The minimum Gasteiger partial charge on any atom is -0.387 e. The molecular formula is C12H24O6. The van der Waals surface area contributed by atoms with Gasteiger partial charge in [-0.2, -0.15) is 0 Å². The quantitative estimate of drug-likeness (QED) is 0.545. The summed E-state index contributed by atoms with van der Waals surface area (Å²) in [4.78, 5) is 0. The van der Waals surface area contributed by atoms with Crippen molar-refractivity contribution in [2.45, 2.75) is 56.9 Å². The fraction of sp³-hybridized carbons (Fsp3) is 1.00. The van der Waals surface area contributed by atoms with Crippen molar-refractivity contribution >= 4 is 0 Å². The smallest absolute Gasteiger partial charge is 0.186 e. The van der Waals surface area contributed by atoms with Gasteiger partial charge in [-0.05, 0) is 6.42 Å². The van der Waals surface area contributed by atoms with Crippen molar-refractivity contribution in [2.75, 3.05) is 20.3 Å². The van der Waals surface area contributed by atoms with E-state index in [4.69, 9.17) is 14.2 Å². The third kappa shape index (κ3) is 4.15. The highest BCUT2D eigenvalue weighted by molar-refractivity contribution is 4.88. The van der Waals surface area contributed by atoms with E-state index in [0.29, 0.717) is 6.61 Å². The summed E-state index contributed by atoms with van der Waals surface area (Å²) in [6.45, 7) is 2.88. The van der Waals surface area contributed by atoms with Gasteiger partial charge in [0.25, 0.3) is 0 Å². The molecule has 2 unspecified atom stereocenters. The van der Waals surface area contributed by atoms with Crippen molar-refractivity contribution < 1.29 is 29.5 Å². The number of aliphatic hydroxyl groups excluding tert-OH is 3. The third-order valence-corrected chi connectivity index (χ3v) is 3.08. The van der Waals surface area contributed by atoms with E-state index in [9.17, 15) is 15.3 Å². The first kappa shape index (κ1) is 15.8. The van der Waals surface area contributed by atoms with Crippen LogP contribution in [0.25, 0.3) is 0 Å². The second kappa shape index (κ2) is 8.04. The lowest BCUT2D eigenvalue weighted by Crippen LogP contribution is -2.59. The lowest BCUT2D eigenvalue weighted by Gasteiger charge is -2.39. The normalized spacial score (nSPS) is 36.8. The Kier molecular flexibility index (Phi) is 7.06. The molecule has 5 atom stereocenters. The van der Waals surface area contributed by atoms with Crippen LogP contribution < -0.4 is 0 Å². The van der Waals surface area contributed by atoms with E-state index in [1.165, 1.54) is 7.11 Å². The second-order valence-electron chi connectivity index (χ2n) is 4.53. The maximum atomic E-state index is 9.75. The minimum absolute atomic E-state index is 0.175. The van der Waals surface area contributed by atoms with Gasteiger partial charge in [-0.3, -0.25) is 0 Å². The number of unbranched alkanes of at least 4 members (excludes halogenated alkanes) is 2. The van der Waals surface area contributed by atoms with Gasteiger partial charge in [-0.1, -0.05) is 19.8 Å². The van der Waals surface area contributed by atoms with E-state index >= 15 is 0 Å². The van der Waals surface area contributed by atoms with E-state index in [-0.39, 0.29) is 6.61 Å². The molecule has 1 aliphatic rings. The molecule has 1 rings (SSSR count). The molecule has 108 valence electrons. The molecule has 1 heterocycles. The Labute approximate surface area is 107 Å². The van der Waals surface area contributed by atoms with Crippen LogP contribution in [-0.2, 0) is 14.2 Å². The summed E-state index contributed by atoms with van der Waals surface area (Å²) >= 11 is 0. The van der Waals surface area contributed by atoms with Crippen molar-refractivity contribution in [1.29, 1.82) is 0 Å². The Morgan fingerprint density at radius 3 is 2.39 bits per heavy atom. The van der Waals surface area contributed by atoms with E-state index < -0.39 is 30.7 Å². The van der Waals surface area contributed by atoms with Crippen molar-refractivity contribution in [3.8, 4) is 0 Å². The number of ether oxygens (including phenoxy) is 3. The number of methoxy groups -OCH3 is 1. The zero-order valence-electron chi connectivity index (χ0n) is 11.0. The van der Waals surface area contributed by atoms with Crippen molar-refractivity contribution in [3.63, 3.8) is 0 Å². The average molecular weight is 264 g/mol. The van der Waals surface area contributed by atoms with Crippen LogP contribution in [0.3, 0.4) is 0 Å². The number of aliphatic hydroxyl groups is 3. The molecule has 0 aromatic carbocycles. The Balaban J connectivity index is 2.35. The molecule has 1 aliphatic heterocycles. The standard InChI is InChI=1S/C12H24O6/c1-3-4-5-6-17-7-8-9(13)10(14)11(15)12(16-2)18-8/h8-15H,3-7H2,1-2H3/t8?,9-,10+,11?,12+/m1/s1. The largest absolute Gasteiger partial charge is 0.387 e. The number of hydrogen-bond donors (Lipinski definition) is 3. The maximum absolute atomic E-state index is 9.75. The number of rotatable bonds is 7. The molecule has 0 spiro atoms. The van der Waals surface area contributed by atoms with Crippen molar-refractivity contribution in [3.05, 3.63) is 0 Å². The third-order valence-electron chi connectivity index (χ3n) is 3.08. The molecule has 0 aromatic heterocycles. The zero-order chi connectivity index (χ0) is 13.5. The molecule has 0 aliphatic carbocycles. The molecule has 0 saturated carbocycles. The van der Waals surface area contributed by atoms with Crippen LogP contribution >= 0.6 is 0 Å². The molecule has 6 nitrogen and oxygen atoms in total. The summed E-state index contributed by atoms with van der Waals surface area (Å²) in [6.07, 6.45) is -2.16. The van der Waals surface area contributed by atoms with Gasteiger partial charge in [0.05, 0.1) is 6.61 Å². The topological polar surface area (TPSA) is 88.4 Å². The molecule has 1 fully saturated rings. The highest BCUT2D eigenvalue weighted by atomic mass is 16.7. The van der Waals surface area contributed by atoms with Gasteiger partial charge in [0.15, 0.2) is 6.29 Å². The van der Waals surface area contributed by atoms with Crippen LogP contribution in [0.2, 0.25) is 0 Å². The minimum atomic E-state index is -1.28. The maximum Gasteiger partial charge on any atom is 0.186 e. The summed E-state index contributed by atoms with van der Waals surface area (Å²) in [5, 5.41) is 29.0. The SMILES string of the molecule is CCCCCOCC1O[C@H](OC)C(O)[C@@H](O)[C@@H]1O. The molecule has 0 bridgehead atoms. The van der Waals surface area contributed by atoms with E-state index in [2.05, 4.69) is 6.92 Å².